The first kappa shape index (κ1) is 21.1. The maximum Gasteiger partial charge on any atom is 0.354 e. The van der Waals surface area contributed by atoms with E-state index in [1.165, 1.54) is 43.7 Å². The minimum absolute atomic E-state index is 0.0133. The van der Waals surface area contributed by atoms with Crippen molar-refractivity contribution in [1.29, 1.82) is 0 Å². The molecule has 0 amide bonds. The van der Waals surface area contributed by atoms with Crippen LogP contribution in [0.25, 0.3) is 0 Å². The number of carboxylic acids is 1. The van der Waals surface area contributed by atoms with Crippen molar-refractivity contribution in [3.63, 3.8) is 0 Å². The summed E-state index contributed by atoms with van der Waals surface area (Å²) in [4.78, 5) is 21.6. The second kappa shape index (κ2) is 9.35. The minimum Gasteiger partial charge on any atom is -0.477 e. The molecule has 0 bridgehead atoms. The van der Waals surface area contributed by atoms with Gasteiger partial charge in [0.1, 0.15) is 11.6 Å². The molecule has 2 N–H and O–H groups in total. The van der Waals surface area contributed by atoms with Crippen LogP contribution in [0.1, 0.15) is 54.1 Å². The van der Waals surface area contributed by atoms with E-state index >= 15 is 0 Å². The molecule has 1 aromatic carbocycles. The van der Waals surface area contributed by atoms with Gasteiger partial charge in [0.15, 0.2) is 5.69 Å². The molecule has 6 nitrogen and oxygen atoms in total. The number of carbonyl (C=O) groups is 1. The quantitative estimate of drug-likeness (QED) is 0.466. The maximum absolute atomic E-state index is 11.1. The molecule has 1 saturated carbocycles. The Morgan fingerprint density at radius 2 is 1.94 bits per heavy atom. The van der Waals surface area contributed by atoms with Crippen LogP contribution in [-0.4, -0.2) is 28.1 Å². The summed E-state index contributed by atoms with van der Waals surface area (Å²) in [5.74, 6) is 0.752. The van der Waals surface area contributed by atoms with Gasteiger partial charge in [0.2, 0.25) is 0 Å². The Morgan fingerprint density at radius 3 is 2.61 bits per heavy atom. The fourth-order valence-corrected chi connectivity index (χ4v) is 4.35. The Balaban J connectivity index is 1.47. The number of nitrogens with zero attached hydrogens (tertiary/aromatic N) is 3. The Kier molecular flexibility index (Phi) is 6.37. The van der Waals surface area contributed by atoms with Crippen molar-refractivity contribution in [2.45, 2.75) is 38.0 Å². The average Bonchev–Trinajstić information content (AvgIpc) is 2.80. The lowest BCUT2D eigenvalue weighted by Gasteiger charge is -2.24. The second-order valence-corrected chi connectivity index (χ2v) is 8.26. The molecule has 2 heterocycles. The average molecular weight is 437 g/mol. The lowest BCUT2D eigenvalue weighted by atomic mass is 9.84. The molecule has 0 aliphatic heterocycles. The summed E-state index contributed by atoms with van der Waals surface area (Å²) in [5, 5.41) is 12.9. The maximum atomic E-state index is 11.1. The number of halogens is 1. The molecular formula is C24H25ClN4O2. The van der Waals surface area contributed by atoms with Gasteiger partial charge < -0.3 is 15.3 Å². The van der Waals surface area contributed by atoms with Crippen molar-refractivity contribution >= 4 is 40.6 Å². The van der Waals surface area contributed by atoms with E-state index in [1.807, 2.05) is 24.1 Å². The third-order valence-electron chi connectivity index (χ3n) is 5.74. The third-order valence-corrected chi connectivity index (χ3v) is 6.04. The van der Waals surface area contributed by atoms with Crippen LogP contribution in [0.15, 0.2) is 54.7 Å². The van der Waals surface area contributed by atoms with Gasteiger partial charge in [0.25, 0.3) is 0 Å². The fraction of sp³-hybridized carbons (Fsp3) is 0.292. The fourth-order valence-electron chi connectivity index (χ4n) is 4.04. The number of hydrogen-bond acceptors (Lipinski definition) is 5. The van der Waals surface area contributed by atoms with E-state index in [4.69, 9.17) is 16.7 Å². The van der Waals surface area contributed by atoms with Crippen molar-refractivity contribution < 1.29 is 9.90 Å². The monoisotopic (exact) mass is 436 g/mol. The number of carboxylic acid groups (broad SMARTS) is 1. The van der Waals surface area contributed by atoms with E-state index in [-0.39, 0.29) is 5.69 Å². The van der Waals surface area contributed by atoms with Crippen LogP contribution < -0.4 is 10.2 Å². The van der Waals surface area contributed by atoms with Crippen molar-refractivity contribution in [2.75, 3.05) is 17.3 Å². The molecule has 1 fully saturated rings. The number of aromatic carboxylic acids is 1. The van der Waals surface area contributed by atoms with Crippen LogP contribution in [-0.2, 0) is 0 Å². The first-order valence-electron chi connectivity index (χ1n) is 10.5. The van der Waals surface area contributed by atoms with E-state index in [0.717, 1.165) is 16.5 Å². The van der Waals surface area contributed by atoms with Crippen LogP contribution in [0.3, 0.4) is 0 Å². The van der Waals surface area contributed by atoms with E-state index in [2.05, 4.69) is 33.5 Å². The standard InChI is InChI=1S/C24H25ClN4O2/c1-29(21-12-10-17(14-19(21)25)16-6-3-2-4-7-16)23-13-11-18(15-26-23)27-22-9-5-8-20(28-22)24(30)31/h5,8-16H,2-4,6-7H2,1H3,(H,27,28)(H,30,31). The van der Waals surface area contributed by atoms with Gasteiger partial charge in [-0.3, -0.25) is 0 Å². The van der Waals surface area contributed by atoms with Crippen molar-refractivity contribution in [1.82, 2.24) is 9.97 Å². The van der Waals surface area contributed by atoms with E-state index in [1.54, 1.807) is 18.3 Å². The number of anilines is 4. The predicted octanol–water partition coefficient (Wildman–Crippen LogP) is 6.39. The highest BCUT2D eigenvalue weighted by molar-refractivity contribution is 6.33. The SMILES string of the molecule is CN(c1ccc(Nc2cccc(C(=O)O)n2)cn1)c1ccc(C2CCCCC2)cc1Cl. The zero-order valence-corrected chi connectivity index (χ0v) is 18.1. The Hall–Kier alpha value is -3.12. The molecular weight excluding hydrogens is 412 g/mol. The van der Waals surface area contributed by atoms with Crippen LogP contribution >= 0.6 is 11.6 Å². The highest BCUT2D eigenvalue weighted by Crippen LogP contribution is 2.37. The lowest BCUT2D eigenvalue weighted by Crippen LogP contribution is -2.12. The number of rotatable bonds is 6. The topological polar surface area (TPSA) is 78.4 Å². The Labute approximate surface area is 186 Å². The van der Waals surface area contributed by atoms with Crippen LogP contribution in [0.5, 0.6) is 0 Å². The summed E-state index contributed by atoms with van der Waals surface area (Å²) >= 11 is 6.63. The molecule has 7 heteroatoms. The molecule has 31 heavy (non-hydrogen) atoms. The summed E-state index contributed by atoms with van der Waals surface area (Å²) in [6, 6.07) is 14.9. The van der Waals surface area contributed by atoms with E-state index in [0.29, 0.717) is 17.4 Å². The third kappa shape index (κ3) is 4.97. The van der Waals surface area contributed by atoms with Gasteiger partial charge in [-0.25, -0.2) is 14.8 Å². The molecule has 1 aliphatic rings. The normalized spacial score (nSPS) is 14.3. The van der Waals surface area contributed by atoms with Gasteiger partial charge in [-0.05, 0) is 60.7 Å². The molecule has 1 aliphatic carbocycles. The number of benzene rings is 1. The predicted molar refractivity (Wildman–Crippen MR) is 124 cm³/mol. The number of pyridine rings is 2. The van der Waals surface area contributed by atoms with Crippen molar-refractivity contribution in [2.24, 2.45) is 0 Å². The largest absolute Gasteiger partial charge is 0.477 e. The molecule has 0 unspecified atom stereocenters. The van der Waals surface area contributed by atoms with Gasteiger partial charge in [-0.2, -0.15) is 0 Å². The van der Waals surface area contributed by atoms with Gasteiger partial charge in [-0.15, -0.1) is 0 Å². The molecule has 0 radical (unpaired) electrons. The van der Waals surface area contributed by atoms with E-state index in [9.17, 15) is 4.79 Å². The highest BCUT2D eigenvalue weighted by Gasteiger charge is 2.18. The summed E-state index contributed by atoms with van der Waals surface area (Å²) in [6.07, 6.45) is 8.10. The van der Waals surface area contributed by atoms with Gasteiger partial charge in [0, 0.05) is 7.05 Å². The minimum atomic E-state index is -1.06. The summed E-state index contributed by atoms with van der Waals surface area (Å²) in [7, 11) is 1.94. The molecule has 3 aromatic rings. The van der Waals surface area contributed by atoms with Crippen molar-refractivity contribution in [3.8, 4) is 0 Å². The molecule has 2 aromatic heterocycles. The second-order valence-electron chi connectivity index (χ2n) is 7.85. The van der Waals surface area contributed by atoms with Crippen LogP contribution in [0.4, 0.5) is 23.0 Å². The van der Waals surface area contributed by atoms with Gasteiger partial charge in [-0.1, -0.05) is 43.0 Å². The molecule has 0 saturated heterocycles. The van der Waals surface area contributed by atoms with Gasteiger partial charge >= 0.3 is 5.97 Å². The number of aromatic nitrogens is 2. The summed E-state index contributed by atoms with van der Waals surface area (Å²) in [6.45, 7) is 0. The Bertz CT molecular complexity index is 1070. The first-order chi connectivity index (χ1) is 15.0. The smallest absolute Gasteiger partial charge is 0.354 e. The van der Waals surface area contributed by atoms with Crippen LogP contribution in [0, 0.1) is 0 Å². The van der Waals surface area contributed by atoms with Crippen LogP contribution in [0.2, 0.25) is 5.02 Å². The van der Waals surface area contributed by atoms with Crippen molar-refractivity contribution in [3.05, 3.63) is 71.0 Å². The highest BCUT2D eigenvalue weighted by atomic mass is 35.5. The molecule has 0 spiro atoms. The molecule has 4 rings (SSSR count). The van der Waals surface area contributed by atoms with Gasteiger partial charge in [0.05, 0.1) is 22.6 Å². The first-order valence-corrected chi connectivity index (χ1v) is 10.9. The molecule has 0 atom stereocenters. The van der Waals surface area contributed by atoms with E-state index < -0.39 is 5.97 Å². The zero-order chi connectivity index (χ0) is 21.8. The zero-order valence-electron chi connectivity index (χ0n) is 17.4. The Morgan fingerprint density at radius 1 is 1.13 bits per heavy atom. The number of hydrogen-bond donors (Lipinski definition) is 2. The summed E-state index contributed by atoms with van der Waals surface area (Å²) in [5.41, 5.74) is 2.93. The lowest BCUT2D eigenvalue weighted by molar-refractivity contribution is 0.0690. The molecule has 160 valence electrons. The number of nitrogens with one attached hydrogen (secondary N) is 1. The summed E-state index contributed by atoms with van der Waals surface area (Å²) < 4.78 is 0.